The molecular weight excluding hydrogens is 390 g/mol. The van der Waals surface area contributed by atoms with Gasteiger partial charge in [-0.3, -0.25) is 4.79 Å². The third-order valence-corrected chi connectivity index (χ3v) is 4.47. The third-order valence-electron chi connectivity index (χ3n) is 3.06. The van der Waals surface area contributed by atoms with Gasteiger partial charge in [-0.15, -0.1) is 11.3 Å². The zero-order valence-electron chi connectivity index (χ0n) is 12.3. The molecule has 0 fully saturated rings. The number of benzene rings is 2. The minimum atomic E-state index is -0.399. The van der Waals surface area contributed by atoms with Crippen LogP contribution in [-0.4, -0.2) is 22.2 Å². The van der Waals surface area contributed by atoms with E-state index in [1.807, 2.05) is 29.6 Å². The number of phenols is 1. The van der Waals surface area contributed by atoms with Crippen LogP contribution in [0.1, 0.15) is 16.1 Å². The highest BCUT2D eigenvalue weighted by atomic mass is 79.9. The number of aromatic nitrogens is 1. The second-order valence-corrected chi connectivity index (χ2v) is 6.61. The molecule has 2 N–H and O–H groups in total. The van der Waals surface area contributed by atoms with Crippen molar-refractivity contribution in [1.82, 2.24) is 10.4 Å². The summed E-state index contributed by atoms with van der Waals surface area (Å²) in [5.41, 5.74) is 4.41. The summed E-state index contributed by atoms with van der Waals surface area (Å²) in [5, 5.41) is 16.0. The molecule has 7 heteroatoms. The number of halogens is 1. The Morgan fingerprint density at radius 1 is 1.25 bits per heavy atom. The number of aromatic hydroxyl groups is 1. The lowest BCUT2D eigenvalue weighted by Crippen LogP contribution is -2.17. The van der Waals surface area contributed by atoms with Crippen LogP contribution in [0.2, 0.25) is 0 Å². The van der Waals surface area contributed by atoms with E-state index >= 15 is 0 Å². The van der Waals surface area contributed by atoms with Gasteiger partial charge in [0.1, 0.15) is 10.8 Å². The molecule has 0 aliphatic heterocycles. The summed E-state index contributed by atoms with van der Waals surface area (Å²) in [5.74, 6) is -0.366. The summed E-state index contributed by atoms with van der Waals surface area (Å²) in [6, 6.07) is 13.9. The molecule has 3 aromatic rings. The van der Waals surface area contributed by atoms with E-state index in [9.17, 15) is 9.90 Å². The van der Waals surface area contributed by atoms with Gasteiger partial charge in [0, 0.05) is 21.0 Å². The van der Waals surface area contributed by atoms with Gasteiger partial charge in [0.25, 0.3) is 5.91 Å². The van der Waals surface area contributed by atoms with Gasteiger partial charge in [-0.1, -0.05) is 34.1 Å². The van der Waals surface area contributed by atoms with E-state index in [0.717, 1.165) is 15.0 Å². The lowest BCUT2D eigenvalue weighted by atomic mass is 10.2. The summed E-state index contributed by atoms with van der Waals surface area (Å²) in [4.78, 5) is 16.4. The van der Waals surface area contributed by atoms with Crippen LogP contribution in [0.5, 0.6) is 5.75 Å². The molecule has 3 rings (SSSR count). The topological polar surface area (TPSA) is 74.6 Å². The summed E-state index contributed by atoms with van der Waals surface area (Å²) in [6.45, 7) is 0. The molecule has 1 heterocycles. The number of nitrogens with zero attached hydrogens (tertiary/aromatic N) is 2. The predicted octanol–water partition coefficient (Wildman–Crippen LogP) is 4.04. The first-order chi connectivity index (χ1) is 11.6. The molecule has 0 spiro atoms. The van der Waals surface area contributed by atoms with Gasteiger partial charge in [0.2, 0.25) is 0 Å². The molecule has 120 valence electrons. The van der Waals surface area contributed by atoms with Gasteiger partial charge in [-0.25, -0.2) is 10.4 Å². The number of phenolic OH excluding ortho intramolecular Hbond substituents is 1. The molecule has 0 bridgehead atoms. The van der Waals surface area contributed by atoms with Gasteiger partial charge in [0.05, 0.1) is 11.9 Å². The summed E-state index contributed by atoms with van der Waals surface area (Å²) in [6.07, 6.45) is 1.48. The Labute approximate surface area is 150 Å². The molecule has 1 amide bonds. The molecule has 0 saturated carbocycles. The molecule has 0 saturated heterocycles. The highest BCUT2D eigenvalue weighted by Crippen LogP contribution is 2.25. The van der Waals surface area contributed by atoms with E-state index in [4.69, 9.17) is 0 Å². The normalized spacial score (nSPS) is 10.9. The maximum absolute atomic E-state index is 11.9. The van der Waals surface area contributed by atoms with Crippen molar-refractivity contribution in [1.29, 1.82) is 0 Å². The van der Waals surface area contributed by atoms with Crippen molar-refractivity contribution in [2.75, 3.05) is 0 Å². The SMILES string of the molecule is O=C(N/N=C\c1csc(-c2cccc(Br)c2)n1)c1cccc(O)c1. The molecule has 0 atom stereocenters. The van der Waals surface area contributed by atoms with E-state index in [1.54, 1.807) is 12.1 Å². The number of nitrogens with one attached hydrogen (secondary N) is 1. The minimum Gasteiger partial charge on any atom is -0.508 e. The zero-order chi connectivity index (χ0) is 16.9. The number of hydrogen-bond acceptors (Lipinski definition) is 5. The highest BCUT2D eigenvalue weighted by molar-refractivity contribution is 9.10. The third kappa shape index (κ3) is 4.06. The van der Waals surface area contributed by atoms with Gasteiger partial charge < -0.3 is 5.11 Å². The minimum absolute atomic E-state index is 0.0322. The number of hydrogen-bond donors (Lipinski definition) is 2. The summed E-state index contributed by atoms with van der Waals surface area (Å²) >= 11 is 4.94. The van der Waals surface area contributed by atoms with Crippen molar-refractivity contribution >= 4 is 39.4 Å². The monoisotopic (exact) mass is 401 g/mol. The van der Waals surface area contributed by atoms with Gasteiger partial charge in [-0.05, 0) is 30.3 Å². The lowest BCUT2D eigenvalue weighted by Gasteiger charge is -1.99. The van der Waals surface area contributed by atoms with Crippen LogP contribution < -0.4 is 5.43 Å². The van der Waals surface area contributed by atoms with Crippen LogP contribution in [0, 0.1) is 0 Å². The van der Waals surface area contributed by atoms with Crippen molar-refractivity contribution in [2.45, 2.75) is 0 Å². The van der Waals surface area contributed by atoms with E-state index in [0.29, 0.717) is 11.3 Å². The smallest absolute Gasteiger partial charge is 0.271 e. The molecule has 1 aromatic heterocycles. The number of thiazole rings is 1. The Balaban J connectivity index is 1.66. The molecule has 0 aliphatic carbocycles. The largest absolute Gasteiger partial charge is 0.508 e. The van der Waals surface area contributed by atoms with Crippen LogP contribution in [-0.2, 0) is 0 Å². The quantitative estimate of drug-likeness (QED) is 0.511. The second-order valence-electron chi connectivity index (χ2n) is 4.84. The van der Waals surface area contributed by atoms with Crippen LogP contribution >= 0.6 is 27.3 Å². The molecule has 2 aromatic carbocycles. The number of amides is 1. The Morgan fingerprint density at radius 3 is 2.88 bits per heavy atom. The van der Waals surface area contributed by atoms with Crippen molar-refractivity contribution in [3.63, 3.8) is 0 Å². The maximum Gasteiger partial charge on any atom is 0.271 e. The highest BCUT2D eigenvalue weighted by Gasteiger charge is 2.06. The molecule has 0 aliphatic rings. The Hall–Kier alpha value is -2.51. The van der Waals surface area contributed by atoms with Crippen molar-refractivity contribution < 1.29 is 9.90 Å². The van der Waals surface area contributed by atoms with Crippen LogP contribution in [0.25, 0.3) is 10.6 Å². The van der Waals surface area contributed by atoms with Crippen molar-refractivity contribution in [3.8, 4) is 16.3 Å². The first-order valence-electron chi connectivity index (χ1n) is 6.96. The van der Waals surface area contributed by atoms with Gasteiger partial charge in [-0.2, -0.15) is 5.10 Å². The molecular formula is C17H12BrN3O2S. The average Bonchev–Trinajstić information content (AvgIpc) is 3.04. The van der Waals surface area contributed by atoms with E-state index < -0.39 is 5.91 Å². The van der Waals surface area contributed by atoms with E-state index in [-0.39, 0.29) is 5.75 Å². The zero-order valence-corrected chi connectivity index (χ0v) is 14.7. The number of rotatable bonds is 4. The fourth-order valence-corrected chi connectivity index (χ4v) is 3.13. The van der Waals surface area contributed by atoms with Gasteiger partial charge >= 0.3 is 0 Å². The second kappa shape index (κ2) is 7.37. The predicted molar refractivity (Wildman–Crippen MR) is 98.4 cm³/mol. The first-order valence-corrected chi connectivity index (χ1v) is 8.63. The summed E-state index contributed by atoms with van der Waals surface area (Å²) in [7, 11) is 0. The number of carbonyl (C=O) groups is 1. The number of hydrazone groups is 1. The molecule has 24 heavy (non-hydrogen) atoms. The number of carbonyl (C=O) groups excluding carboxylic acids is 1. The molecule has 5 nitrogen and oxygen atoms in total. The van der Waals surface area contributed by atoms with Crippen molar-refractivity contribution in [3.05, 3.63) is 69.6 Å². The average molecular weight is 402 g/mol. The van der Waals surface area contributed by atoms with Crippen molar-refractivity contribution in [2.24, 2.45) is 5.10 Å². The lowest BCUT2D eigenvalue weighted by molar-refractivity contribution is 0.0954. The Kier molecular flexibility index (Phi) is 5.02. The van der Waals surface area contributed by atoms with E-state index in [1.165, 1.54) is 29.7 Å². The maximum atomic E-state index is 11.9. The molecule has 0 unspecified atom stereocenters. The Morgan fingerprint density at radius 2 is 2.08 bits per heavy atom. The standard InChI is InChI=1S/C17H12BrN3O2S/c18-13-5-1-4-12(7-13)17-20-14(10-24-17)9-19-21-16(23)11-3-2-6-15(22)8-11/h1-10,22H,(H,21,23)/b19-9-. The van der Waals surface area contributed by atoms with Crippen LogP contribution in [0.15, 0.2) is 63.5 Å². The molecule has 0 radical (unpaired) electrons. The van der Waals surface area contributed by atoms with E-state index in [2.05, 4.69) is 31.4 Å². The van der Waals surface area contributed by atoms with Crippen LogP contribution in [0.3, 0.4) is 0 Å². The first kappa shape index (κ1) is 16.4. The summed E-state index contributed by atoms with van der Waals surface area (Å²) < 4.78 is 0.990. The Bertz CT molecular complexity index is 908. The van der Waals surface area contributed by atoms with Crippen LogP contribution in [0.4, 0.5) is 0 Å². The fourth-order valence-electron chi connectivity index (χ4n) is 1.97. The fraction of sp³-hybridized carbons (Fsp3) is 0. The van der Waals surface area contributed by atoms with Gasteiger partial charge in [0.15, 0.2) is 0 Å².